The lowest BCUT2D eigenvalue weighted by atomic mass is 10.1. The number of benzene rings is 2. The summed E-state index contributed by atoms with van der Waals surface area (Å²) in [5, 5.41) is 0. The second-order valence-electron chi connectivity index (χ2n) is 7.57. The van der Waals surface area contributed by atoms with Crippen molar-refractivity contribution in [2.75, 3.05) is 25.2 Å². The first-order chi connectivity index (χ1) is 14.4. The highest BCUT2D eigenvalue weighted by Gasteiger charge is 2.35. The van der Waals surface area contributed by atoms with Crippen LogP contribution in [0.2, 0.25) is 0 Å². The van der Waals surface area contributed by atoms with E-state index in [0.717, 1.165) is 18.4 Å². The third kappa shape index (κ3) is 5.75. The van der Waals surface area contributed by atoms with Crippen molar-refractivity contribution in [3.05, 3.63) is 59.7 Å². The van der Waals surface area contributed by atoms with Crippen LogP contribution in [0, 0.1) is 0 Å². The predicted octanol–water partition coefficient (Wildman–Crippen LogP) is 3.70. The Morgan fingerprint density at radius 3 is 2.60 bits per heavy atom. The zero-order valence-electron chi connectivity index (χ0n) is 17.5. The summed E-state index contributed by atoms with van der Waals surface area (Å²) >= 11 is 0. The molecule has 1 saturated heterocycles. The summed E-state index contributed by atoms with van der Waals surface area (Å²) in [6.07, 6.45) is 2.42. The maximum Gasteiger partial charge on any atom is 0.254 e. The quantitative estimate of drug-likeness (QED) is 0.566. The van der Waals surface area contributed by atoms with Crippen molar-refractivity contribution in [1.29, 1.82) is 0 Å². The summed E-state index contributed by atoms with van der Waals surface area (Å²) in [6.45, 7) is 3.01. The largest absolute Gasteiger partial charge is 0.497 e. The number of ether oxygens (including phenoxy) is 2. The van der Waals surface area contributed by atoms with Crippen LogP contribution in [-0.2, 0) is 16.4 Å². The Bertz CT molecular complexity index is 973. The molecule has 1 atom stereocenters. The molecule has 0 spiro atoms. The Morgan fingerprint density at radius 2 is 1.90 bits per heavy atom. The van der Waals surface area contributed by atoms with Crippen LogP contribution in [0.1, 0.15) is 42.1 Å². The number of carbonyl (C=O) groups is 1. The number of methoxy groups -OCH3 is 1. The Hall–Kier alpha value is -2.54. The summed E-state index contributed by atoms with van der Waals surface area (Å²) in [6, 6.07) is 14.2. The fourth-order valence-corrected chi connectivity index (χ4v) is 5.31. The standard InChI is InChI=1S/C23H29NO5S/c1-3-4-12-29-22-10-6-8-19(15-22)23(25)24(20-11-13-30(26,27)17-20)16-18-7-5-9-21(14-18)28-2/h5-10,14-15,20H,3-4,11-13,16-17H2,1-2H3/t20-/m1/s1. The fourth-order valence-electron chi connectivity index (χ4n) is 3.57. The second-order valence-corrected chi connectivity index (χ2v) is 9.80. The van der Waals surface area contributed by atoms with Crippen LogP contribution in [0.4, 0.5) is 0 Å². The van der Waals surface area contributed by atoms with Gasteiger partial charge in [-0.25, -0.2) is 8.42 Å². The van der Waals surface area contributed by atoms with Crippen LogP contribution in [0.3, 0.4) is 0 Å². The Labute approximate surface area is 178 Å². The third-order valence-corrected chi connectivity index (χ3v) is 7.00. The van der Waals surface area contributed by atoms with Crippen molar-refractivity contribution < 1.29 is 22.7 Å². The summed E-state index contributed by atoms with van der Waals surface area (Å²) in [5.41, 5.74) is 1.39. The zero-order valence-corrected chi connectivity index (χ0v) is 18.4. The van der Waals surface area contributed by atoms with Gasteiger partial charge in [0.15, 0.2) is 9.84 Å². The molecule has 1 aliphatic rings. The molecule has 1 fully saturated rings. The summed E-state index contributed by atoms with van der Waals surface area (Å²) in [7, 11) is -1.53. The molecule has 0 aliphatic carbocycles. The van der Waals surface area contributed by atoms with Crippen LogP contribution in [0.25, 0.3) is 0 Å². The Morgan fingerprint density at radius 1 is 1.13 bits per heavy atom. The molecule has 0 unspecified atom stereocenters. The minimum atomic E-state index is -3.13. The van der Waals surface area contributed by atoms with Gasteiger partial charge >= 0.3 is 0 Å². The van der Waals surface area contributed by atoms with Crippen molar-refractivity contribution in [3.8, 4) is 11.5 Å². The summed E-state index contributed by atoms with van der Waals surface area (Å²) in [4.78, 5) is 15.1. The molecule has 3 rings (SSSR count). The number of nitrogens with zero attached hydrogens (tertiary/aromatic N) is 1. The number of hydrogen-bond acceptors (Lipinski definition) is 5. The number of hydrogen-bond donors (Lipinski definition) is 0. The lowest BCUT2D eigenvalue weighted by Gasteiger charge is -2.29. The van der Waals surface area contributed by atoms with E-state index >= 15 is 0 Å². The van der Waals surface area contributed by atoms with Crippen LogP contribution in [0.15, 0.2) is 48.5 Å². The zero-order chi connectivity index (χ0) is 21.6. The molecule has 2 aromatic carbocycles. The lowest BCUT2D eigenvalue weighted by molar-refractivity contribution is 0.0680. The fraction of sp³-hybridized carbons (Fsp3) is 0.435. The van der Waals surface area contributed by atoms with Gasteiger partial charge < -0.3 is 14.4 Å². The smallest absolute Gasteiger partial charge is 0.254 e. The Balaban J connectivity index is 1.85. The monoisotopic (exact) mass is 431 g/mol. The Kier molecular flexibility index (Phi) is 7.37. The first-order valence-corrected chi connectivity index (χ1v) is 12.1. The van der Waals surface area contributed by atoms with E-state index < -0.39 is 9.84 Å². The topological polar surface area (TPSA) is 72.9 Å². The third-order valence-electron chi connectivity index (χ3n) is 5.24. The first kappa shape index (κ1) is 22.2. The molecule has 1 heterocycles. The normalized spacial score (nSPS) is 17.5. The highest BCUT2D eigenvalue weighted by molar-refractivity contribution is 7.91. The molecule has 0 aromatic heterocycles. The van der Waals surface area contributed by atoms with Crippen LogP contribution in [-0.4, -0.2) is 50.5 Å². The molecule has 1 amide bonds. The average Bonchev–Trinajstić information content (AvgIpc) is 3.11. The van der Waals surface area contributed by atoms with Gasteiger partial charge in [0.2, 0.25) is 0 Å². The van der Waals surface area contributed by atoms with Crippen LogP contribution in [0.5, 0.6) is 11.5 Å². The SMILES string of the molecule is CCCCOc1cccc(C(=O)N(Cc2cccc(OC)c2)[C@@H]2CCS(=O)(=O)C2)c1. The molecular formula is C23H29NO5S. The van der Waals surface area contributed by atoms with Crippen LogP contribution >= 0.6 is 0 Å². The van der Waals surface area contributed by atoms with Gasteiger partial charge in [-0.05, 0) is 48.7 Å². The number of amides is 1. The van der Waals surface area contributed by atoms with E-state index in [1.54, 1.807) is 30.2 Å². The molecule has 0 radical (unpaired) electrons. The minimum absolute atomic E-state index is 0.00456. The lowest BCUT2D eigenvalue weighted by Crippen LogP contribution is -2.40. The van der Waals surface area contributed by atoms with Crippen molar-refractivity contribution in [1.82, 2.24) is 4.90 Å². The van der Waals surface area contributed by atoms with Crippen LogP contribution < -0.4 is 9.47 Å². The molecule has 0 N–H and O–H groups in total. The molecule has 0 bridgehead atoms. The van der Waals surface area contributed by atoms with E-state index in [4.69, 9.17) is 9.47 Å². The summed E-state index contributed by atoms with van der Waals surface area (Å²) < 4.78 is 35.2. The highest BCUT2D eigenvalue weighted by Crippen LogP contribution is 2.25. The molecule has 6 nitrogen and oxygen atoms in total. The summed E-state index contributed by atoms with van der Waals surface area (Å²) in [5.74, 6) is 1.26. The molecule has 2 aromatic rings. The van der Waals surface area contributed by atoms with Crippen molar-refractivity contribution in [3.63, 3.8) is 0 Å². The van der Waals surface area contributed by atoms with Gasteiger partial charge in [-0.1, -0.05) is 31.5 Å². The van der Waals surface area contributed by atoms with Gasteiger partial charge in [0.05, 0.1) is 25.2 Å². The molecule has 30 heavy (non-hydrogen) atoms. The molecule has 7 heteroatoms. The molecule has 0 saturated carbocycles. The maximum absolute atomic E-state index is 13.4. The molecular weight excluding hydrogens is 402 g/mol. The van der Waals surface area contributed by atoms with E-state index in [1.807, 2.05) is 30.3 Å². The van der Waals surface area contributed by atoms with E-state index in [9.17, 15) is 13.2 Å². The van der Waals surface area contributed by atoms with E-state index in [1.165, 1.54) is 0 Å². The molecule has 1 aliphatic heterocycles. The first-order valence-electron chi connectivity index (χ1n) is 10.3. The number of rotatable bonds is 9. The molecule has 162 valence electrons. The maximum atomic E-state index is 13.4. The van der Waals surface area contributed by atoms with Gasteiger partial charge in [0.1, 0.15) is 11.5 Å². The predicted molar refractivity (Wildman–Crippen MR) is 117 cm³/mol. The average molecular weight is 432 g/mol. The van der Waals surface area contributed by atoms with E-state index in [-0.39, 0.29) is 23.5 Å². The number of unbranched alkanes of at least 4 members (excludes halogenated alkanes) is 1. The minimum Gasteiger partial charge on any atom is -0.497 e. The van der Waals surface area contributed by atoms with Crippen molar-refractivity contribution in [2.45, 2.75) is 38.8 Å². The van der Waals surface area contributed by atoms with Gasteiger partial charge in [-0.3, -0.25) is 4.79 Å². The van der Waals surface area contributed by atoms with Gasteiger partial charge in [-0.15, -0.1) is 0 Å². The second kappa shape index (κ2) is 9.98. The van der Waals surface area contributed by atoms with Gasteiger partial charge in [0, 0.05) is 18.2 Å². The van der Waals surface area contributed by atoms with Gasteiger partial charge in [-0.2, -0.15) is 0 Å². The highest BCUT2D eigenvalue weighted by atomic mass is 32.2. The van der Waals surface area contributed by atoms with Crippen molar-refractivity contribution in [2.24, 2.45) is 0 Å². The number of carbonyl (C=O) groups excluding carboxylic acids is 1. The number of sulfone groups is 1. The van der Waals surface area contributed by atoms with E-state index in [2.05, 4.69) is 6.92 Å². The van der Waals surface area contributed by atoms with Crippen molar-refractivity contribution >= 4 is 15.7 Å². The van der Waals surface area contributed by atoms with E-state index in [0.29, 0.717) is 36.6 Å². The van der Waals surface area contributed by atoms with Gasteiger partial charge in [0.25, 0.3) is 5.91 Å².